The highest BCUT2D eigenvalue weighted by molar-refractivity contribution is 5.87. The number of fused-ring (bicyclic) bond motifs is 2. The molecule has 0 spiro atoms. The molecule has 1 aromatic heterocycles. The first-order chi connectivity index (χ1) is 10.8. The zero-order valence-electron chi connectivity index (χ0n) is 13.3. The molecule has 3 rings (SSSR count). The molecule has 0 fully saturated rings. The van der Waals surface area contributed by atoms with Crippen LogP contribution >= 0.6 is 0 Å². The Morgan fingerprint density at radius 3 is 2.78 bits per heavy atom. The van der Waals surface area contributed by atoms with Gasteiger partial charge in [-0.3, -0.25) is 0 Å². The van der Waals surface area contributed by atoms with Crippen molar-refractivity contribution < 1.29 is 18.7 Å². The van der Waals surface area contributed by atoms with E-state index in [2.05, 4.69) is 6.58 Å². The third-order valence-electron chi connectivity index (χ3n) is 3.95. The molecule has 23 heavy (non-hydrogen) atoms. The number of esters is 1. The van der Waals surface area contributed by atoms with E-state index in [9.17, 15) is 9.59 Å². The minimum Gasteiger partial charge on any atom is -0.484 e. The van der Waals surface area contributed by atoms with Crippen LogP contribution in [0.3, 0.4) is 0 Å². The summed E-state index contributed by atoms with van der Waals surface area (Å²) >= 11 is 0. The first-order valence-electron chi connectivity index (χ1n) is 7.38. The summed E-state index contributed by atoms with van der Waals surface area (Å²) < 4.78 is 16.7. The van der Waals surface area contributed by atoms with Crippen LogP contribution in [0, 0.1) is 0 Å². The van der Waals surface area contributed by atoms with Gasteiger partial charge in [-0.25, -0.2) is 9.59 Å². The van der Waals surface area contributed by atoms with Gasteiger partial charge in [-0.2, -0.15) is 0 Å². The molecule has 1 atom stereocenters. The van der Waals surface area contributed by atoms with Crippen LogP contribution in [0.2, 0.25) is 0 Å². The zero-order chi connectivity index (χ0) is 16.8. The molecule has 1 aliphatic heterocycles. The Labute approximate surface area is 133 Å². The fourth-order valence-electron chi connectivity index (χ4n) is 2.61. The first-order valence-corrected chi connectivity index (χ1v) is 7.38. The van der Waals surface area contributed by atoms with Crippen LogP contribution in [0.15, 0.2) is 45.6 Å². The lowest BCUT2D eigenvalue weighted by atomic mass is 9.90. The zero-order valence-corrected chi connectivity index (χ0v) is 13.3. The molecule has 1 aromatic carbocycles. The molecule has 2 aromatic rings. The molecular formula is C18H18O5. The molecule has 0 aliphatic carbocycles. The summed E-state index contributed by atoms with van der Waals surface area (Å²) in [5.74, 6) is 0.210. The molecule has 0 radical (unpaired) electrons. The van der Waals surface area contributed by atoms with E-state index in [0.29, 0.717) is 23.3 Å². The van der Waals surface area contributed by atoms with Crippen LogP contribution in [0.5, 0.6) is 5.75 Å². The van der Waals surface area contributed by atoms with Crippen molar-refractivity contribution in [2.45, 2.75) is 38.9 Å². The molecule has 0 amide bonds. The van der Waals surface area contributed by atoms with Gasteiger partial charge in [0.15, 0.2) is 0 Å². The van der Waals surface area contributed by atoms with Crippen LogP contribution in [-0.2, 0) is 16.0 Å². The Morgan fingerprint density at radius 1 is 1.35 bits per heavy atom. The summed E-state index contributed by atoms with van der Waals surface area (Å²) in [5.41, 5.74) is 0.642. The lowest BCUT2D eigenvalue weighted by Crippen LogP contribution is -2.48. The normalized spacial score (nSPS) is 18.8. The van der Waals surface area contributed by atoms with Gasteiger partial charge in [0.2, 0.25) is 0 Å². The number of hydrogen-bond donors (Lipinski definition) is 0. The SMILES string of the molecule is C=C(C)C(=O)O[C@H]1Cc2cc3ccc(=O)oc3cc2OC1(C)C. The summed E-state index contributed by atoms with van der Waals surface area (Å²) in [7, 11) is 0. The average Bonchev–Trinajstić information content (AvgIpc) is 2.45. The van der Waals surface area contributed by atoms with Gasteiger partial charge in [0.1, 0.15) is 23.0 Å². The van der Waals surface area contributed by atoms with Crippen molar-refractivity contribution in [2.75, 3.05) is 0 Å². The van der Waals surface area contributed by atoms with Crippen molar-refractivity contribution in [3.63, 3.8) is 0 Å². The van der Waals surface area contributed by atoms with E-state index in [1.54, 1.807) is 19.1 Å². The Bertz CT molecular complexity index is 859. The fraction of sp³-hybridized carbons (Fsp3) is 0.333. The Kier molecular flexibility index (Phi) is 3.51. The van der Waals surface area contributed by atoms with Crippen LogP contribution in [-0.4, -0.2) is 17.7 Å². The van der Waals surface area contributed by atoms with Crippen molar-refractivity contribution in [1.29, 1.82) is 0 Å². The van der Waals surface area contributed by atoms with E-state index in [4.69, 9.17) is 13.9 Å². The molecule has 0 saturated heterocycles. The predicted molar refractivity (Wildman–Crippen MR) is 85.6 cm³/mol. The van der Waals surface area contributed by atoms with Crippen LogP contribution in [0.4, 0.5) is 0 Å². The maximum atomic E-state index is 11.8. The second-order valence-corrected chi connectivity index (χ2v) is 6.34. The molecule has 0 saturated carbocycles. The van der Waals surface area contributed by atoms with Gasteiger partial charge in [-0.1, -0.05) is 6.58 Å². The van der Waals surface area contributed by atoms with Crippen LogP contribution in [0.25, 0.3) is 11.0 Å². The first kappa shape index (κ1) is 15.3. The van der Waals surface area contributed by atoms with Gasteiger partial charge in [0, 0.05) is 29.5 Å². The van der Waals surface area contributed by atoms with Gasteiger partial charge in [-0.05, 0) is 38.5 Å². The van der Waals surface area contributed by atoms with Crippen molar-refractivity contribution in [2.24, 2.45) is 0 Å². The quantitative estimate of drug-likeness (QED) is 0.484. The molecule has 5 nitrogen and oxygen atoms in total. The van der Waals surface area contributed by atoms with Gasteiger partial charge in [0.25, 0.3) is 0 Å². The molecule has 0 bridgehead atoms. The third kappa shape index (κ3) is 2.86. The smallest absolute Gasteiger partial charge is 0.336 e. The Hall–Kier alpha value is -2.56. The molecule has 120 valence electrons. The van der Waals surface area contributed by atoms with Gasteiger partial charge in [-0.15, -0.1) is 0 Å². The average molecular weight is 314 g/mol. The number of carbonyl (C=O) groups is 1. The van der Waals surface area contributed by atoms with Gasteiger partial charge >= 0.3 is 11.6 Å². The van der Waals surface area contributed by atoms with Crippen molar-refractivity contribution in [3.8, 4) is 5.75 Å². The number of benzene rings is 1. The Morgan fingerprint density at radius 2 is 2.09 bits per heavy atom. The second kappa shape index (κ2) is 5.26. The fourth-order valence-corrected chi connectivity index (χ4v) is 2.61. The van der Waals surface area contributed by atoms with Crippen molar-refractivity contribution >= 4 is 16.9 Å². The van der Waals surface area contributed by atoms with E-state index >= 15 is 0 Å². The summed E-state index contributed by atoms with van der Waals surface area (Å²) in [5, 5.41) is 0.802. The topological polar surface area (TPSA) is 65.7 Å². The lowest BCUT2D eigenvalue weighted by molar-refractivity contribution is -0.156. The highest BCUT2D eigenvalue weighted by Gasteiger charge is 2.40. The van der Waals surface area contributed by atoms with E-state index in [0.717, 1.165) is 10.9 Å². The molecule has 1 aliphatic rings. The molecule has 5 heteroatoms. The minimum atomic E-state index is -0.694. The highest BCUT2D eigenvalue weighted by atomic mass is 16.6. The minimum absolute atomic E-state index is 0.354. The number of ether oxygens (including phenoxy) is 2. The highest BCUT2D eigenvalue weighted by Crippen LogP contribution is 2.37. The maximum Gasteiger partial charge on any atom is 0.336 e. The standard InChI is InChI=1S/C18H18O5/c1-10(2)17(20)22-15-8-12-7-11-5-6-16(19)21-13(11)9-14(12)23-18(15,3)4/h5-7,9,15H,1,8H2,2-4H3/t15-/m0/s1. The van der Waals surface area contributed by atoms with Crippen LogP contribution < -0.4 is 10.4 Å². The molecule has 0 N–H and O–H groups in total. The van der Waals surface area contributed by atoms with Gasteiger partial charge < -0.3 is 13.9 Å². The van der Waals surface area contributed by atoms with E-state index in [-0.39, 0.29) is 0 Å². The van der Waals surface area contributed by atoms with Crippen LogP contribution in [0.1, 0.15) is 26.3 Å². The number of carbonyl (C=O) groups excluding carboxylic acids is 1. The second-order valence-electron chi connectivity index (χ2n) is 6.34. The molecular weight excluding hydrogens is 296 g/mol. The largest absolute Gasteiger partial charge is 0.484 e. The predicted octanol–water partition coefficient (Wildman–Crippen LogP) is 2.99. The van der Waals surface area contributed by atoms with Crippen molar-refractivity contribution in [1.82, 2.24) is 0 Å². The van der Waals surface area contributed by atoms with E-state index in [1.807, 2.05) is 19.9 Å². The Balaban J connectivity index is 2.00. The monoisotopic (exact) mass is 314 g/mol. The van der Waals surface area contributed by atoms with E-state index < -0.39 is 23.3 Å². The summed E-state index contributed by atoms with van der Waals surface area (Å²) in [6, 6.07) is 6.69. The maximum absolute atomic E-state index is 11.8. The molecule has 2 heterocycles. The molecule has 0 unspecified atom stereocenters. The third-order valence-corrected chi connectivity index (χ3v) is 3.95. The van der Waals surface area contributed by atoms with Gasteiger partial charge in [0.05, 0.1) is 0 Å². The lowest BCUT2D eigenvalue weighted by Gasteiger charge is -2.39. The summed E-state index contributed by atoms with van der Waals surface area (Å²) in [6.07, 6.45) is 0.100. The summed E-state index contributed by atoms with van der Waals surface area (Å²) in [6.45, 7) is 8.94. The van der Waals surface area contributed by atoms with Crippen molar-refractivity contribution in [3.05, 3.63) is 52.4 Å². The summed E-state index contributed by atoms with van der Waals surface area (Å²) in [4.78, 5) is 23.2. The number of hydrogen-bond acceptors (Lipinski definition) is 5. The number of rotatable bonds is 2. The van der Waals surface area contributed by atoms with E-state index in [1.165, 1.54) is 6.07 Å².